The van der Waals surface area contributed by atoms with Gasteiger partial charge in [0, 0.05) is 25.8 Å². The molecule has 0 radical (unpaired) electrons. The molecular formula is C15H23ClN2O2. The number of hydrogen-bond acceptors (Lipinski definition) is 3. The summed E-state index contributed by atoms with van der Waals surface area (Å²) in [6.45, 7) is 2.57. The molecule has 0 unspecified atom stereocenters. The number of nitrogens with one attached hydrogen (secondary N) is 1. The minimum absolute atomic E-state index is 0. The van der Waals surface area contributed by atoms with E-state index < -0.39 is 0 Å². The Kier molecular flexibility index (Phi) is 6.99. The standard InChI is InChI=1S/C15H22N2O2.ClH/c1-17(14-7-9-16-10-8-14)15(18)13-5-3-12(4-6-13)11-19-2;/h3-6,14,16H,7-11H2,1-2H3;1H. The third kappa shape index (κ3) is 4.20. The molecule has 2 rings (SSSR count). The maximum atomic E-state index is 12.4. The van der Waals surface area contributed by atoms with Crippen LogP contribution in [0.3, 0.4) is 0 Å². The SMILES string of the molecule is COCc1ccc(C(=O)N(C)C2CCNCC2)cc1.Cl. The van der Waals surface area contributed by atoms with E-state index >= 15 is 0 Å². The van der Waals surface area contributed by atoms with Crippen LogP contribution in [-0.4, -0.2) is 44.1 Å². The van der Waals surface area contributed by atoms with Crippen molar-refractivity contribution in [1.82, 2.24) is 10.2 Å². The van der Waals surface area contributed by atoms with Crippen molar-refractivity contribution in [3.63, 3.8) is 0 Å². The lowest BCUT2D eigenvalue weighted by Crippen LogP contribution is -2.43. The van der Waals surface area contributed by atoms with Crippen LogP contribution in [0.25, 0.3) is 0 Å². The number of ether oxygens (including phenoxy) is 1. The normalized spacial score (nSPS) is 15.5. The second-order valence-corrected chi connectivity index (χ2v) is 5.03. The first-order chi connectivity index (χ1) is 9.22. The third-order valence-corrected chi connectivity index (χ3v) is 3.69. The Hall–Kier alpha value is -1.10. The van der Waals surface area contributed by atoms with Gasteiger partial charge in [-0.3, -0.25) is 4.79 Å². The number of hydrogen-bond donors (Lipinski definition) is 1. The van der Waals surface area contributed by atoms with Crippen LogP contribution in [0.15, 0.2) is 24.3 Å². The van der Waals surface area contributed by atoms with Gasteiger partial charge < -0.3 is 15.0 Å². The molecule has 0 spiro atoms. The fourth-order valence-corrected chi connectivity index (χ4v) is 2.47. The molecule has 0 aliphatic carbocycles. The quantitative estimate of drug-likeness (QED) is 0.925. The summed E-state index contributed by atoms with van der Waals surface area (Å²) in [7, 11) is 3.57. The van der Waals surface area contributed by atoms with E-state index in [0.717, 1.165) is 37.1 Å². The molecule has 1 fully saturated rings. The average Bonchev–Trinajstić information content (AvgIpc) is 2.48. The molecule has 0 bridgehead atoms. The Bertz CT molecular complexity index is 416. The van der Waals surface area contributed by atoms with E-state index in [-0.39, 0.29) is 18.3 Å². The smallest absolute Gasteiger partial charge is 0.253 e. The van der Waals surface area contributed by atoms with Crippen molar-refractivity contribution >= 4 is 18.3 Å². The lowest BCUT2D eigenvalue weighted by Gasteiger charge is -2.31. The van der Waals surface area contributed by atoms with Gasteiger partial charge in [0.1, 0.15) is 0 Å². The van der Waals surface area contributed by atoms with E-state index in [2.05, 4.69) is 5.32 Å². The number of carbonyl (C=O) groups is 1. The lowest BCUT2D eigenvalue weighted by molar-refractivity contribution is 0.0703. The number of methoxy groups -OCH3 is 1. The zero-order chi connectivity index (χ0) is 13.7. The predicted molar refractivity (Wildman–Crippen MR) is 82.4 cm³/mol. The number of halogens is 1. The number of rotatable bonds is 4. The van der Waals surface area contributed by atoms with E-state index in [1.807, 2.05) is 36.2 Å². The highest BCUT2D eigenvalue weighted by Gasteiger charge is 2.22. The number of nitrogens with zero attached hydrogens (tertiary/aromatic N) is 1. The zero-order valence-corrected chi connectivity index (χ0v) is 12.9. The van der Waals surface area contributed by atoms with Gasteiger partial charge in [-0.15, -0.1) is 12.4 Å². The van der Waals surface area contributed by atoms with Crippen LogP contribution in [0.1, 0.15) is 28.8 Å². The van der Waals surface area contributed by atoms with E-state index in [1.165, 1.54) is 0 Å². The van der Waals surface area contributed by atoms with Crippen LogP contribution >= 0.6 is 12.4 Å². The van der Waals surface area contributed by atoms with Crippen LogP contribution in [0.2, 0.25) is 0 Å². The Labute approximate surface area is 126 Å². The molecule has 1 N–H and O–H groups in total. The topological polar surface area (TPSA) is 41.6 Å². The molecule has 20 heavy (non-hydrogen) atoms. The van der Waals surface area contributed by atoms with Crippen LogP contribution < -0.4 is 5.32 Å². The maximum Gasteiger partial charge on any atom is 0.253 e. The summed E-state index contributed by atoms with van der Waals surface area (Å²) >= 11 is 0. The summed E-state index contributed by atoms with van der Waals surface area (Å²) in [6.07, 6.45) is 2.06. The molecule has 1 heterocycles. The van der Waals surface area contributed by atoms with E-state index in [1.54, 1.807) is 7.11 Å². The molecule has 4 nitrogen and oxygen atoms in total. The number of piperidine rings is 1. The summed E-state index contributed by atoms with van der Waals surface area (Å²) in [6, 6.07) is 8.02. The van der Waals surface area contributed by atoms with E-state index in [9.17, 15) is 4.79 Å². The molecule has 5 heteroatoms. The van der Waals surface area contributed by atoms with Gasteiger partial charge in [0.15, 0.2) is 0 Å². The first-order valence-corrected chi connectivity index (χ1v) is 6.78. The summed E-state index contributed by atoms with van der Waals surface area (Å²) in [5.41, 5.74) is 1.84. The zero-order valence-electron chi connectivity index (χ0n) is 12.1. The predicted octanol–water partition coefficient (Wildman–Crippen LogP) is 2.08. The van der Waals surface area contributed by atoms with Gasteiger partial charge in [-0.05, 0) is 43.6 Å². The van der Waals surface area contributed by atoms with Crippen LogP contribution in [0.5, 0.6) is 0 Å². The molecule has 1 aliphatic rings. The molecule has 1 aliphatic heterocycles. The largest absolute Gasteiger partial charge is 0.380 e. The highest BCUT2D eigenvalue weighted by atomic mass is 35.5. The Balaban J connectivity index is 0.00000200. The number of amides is 1. The Morgan fingerprint density at radius 1 is 1.30 bits per heavy atom. The van der Waals surface area contributed by atoms with Crippen molar-refractivity contribution in [2.24, 2.45) is 0 Å². The summed E-state index contributed by atoms with van der Waals surface area (Å²) in [5.74, 6) is 0.107. The van der Waals surface area contributed by atoms with Gasteiger partial charge >= 0.3 is 0 Å². The molecule has 0 saturated carbocycles. The number of carbonyl (C=O) groups excluding carboxylic acids is 1. The first-order valence-electron chi connectivity index (χ1n) is 6.78. The first kappa shape index (κ1) is 17.0. The fourth-order valence-electron chi connectivity index (χ4n) is 2.47. The van der Waals surface area contributed by atoms with Crippen LogP contribution in [0, 0.1) is 0 Å². The monoisotopic (exact) mass is 298 g/mol. The minimum Gasteiger partial charge on any atom is -0.380 e. The lowest BCUT2D eigenvalue weighted by atomic mass is 10.0. The molecule has 1 aromatic rings. The Morgan fingerprint density at radius 3 is 2.45 bits per heavy atom. The third-order valence-electron chi connectivity index (χ3n) is 3.69. The highest BCUT2D eigenvalue weighted by Crippen LogP contribution is 2.14. The van der Waals surface area contributed by atoms with Crippen LogP contribution in [-0.2, 0) is 11.3 Å². The van der Waals surface area contributed by atoms with E-state index in [4.69, 9.17) is 4.74 Å². The number of benzene rings is 1. The van der Waals surface area contributed by atoms with Gasteiger partial charge in [-0.25, -0.2) is 0 Å². The van der Waals surface area contributed by atoms with Gasteiger partial charge in [0.2, 0.25) is 0 Å². The van der Waals surface area contributed by atoms with Crippen molar-refractivity contribution in [1.29, 1.82) is 0 Å². The van der Waals surface area contributed by atoms with Gasteiger partial charge in [0.05, 0.1) is 6.61 Å². The summed E-state index contributed by atoms with van der Waals surface area (Å²) in [4.78, 5) is 14.3. The van der Waals surface area contributed by atoms with Crippen molar-refractivity contribution in [2.45, 2.75) is 25.5 Å². The average molecular weight is 299 g/mol. The van der Waals surface area contributed by atoms with Crippen molar-refractivity contribution in [3.05, 3.63) is 35.4 Å². The molecule has 0 aromatic heterocycles. The van der Waals surface area contributed by atoms with E-state index in [0.29, 0.717) is 12.6 Å². The van der Waals surface area contributed by atoms with Gasteiger partial charge in [0.25, 0.3) is 5.91 Å². The molecule has 0 atom stereocenters. The fraction of sp³-hybridized carbons (Fsp3) is 0.533. The van der Waals surface area contributed by atoms with Gasteiger partial charge in [-0.1, -0.05) is 12.1 Å². The Morgan fingerprint density at radius 2 is 1.90 bits per heavy atom. The summed E-state index contributed by atoms with van der Waals surface area (Å²) < 4.78 is 5.07. The second-order valence-electron chi connectivity index (χ2n) is 5.03. The highest BCUT2D eigenvalue weighted by molar-refractivity contribution is 5.94. The minimum atomic E-state index is 0. The molecule has 1 saturated heterocycles. The molecule has 112 valence electrons. The van der Waals surface area contributed by atoms with Crippen molar-refractivity contribution in [3.8, 4) is 0 Å². The molecule has 1 amide bonds. The maximum absolute atomic E-state index is 12.4. The van der Waals surface area contributed by atoms with Crippen molar-refractivity contribution < 1.29 is 9.53 Å². The second kappa shape index (κ2) is 8.25. The van der Waals surface area contributed by atoms with Crippen molar-refractivity contribution in [2.75, 3.05) is 27.2 Å². The molecule has 1 aromatic carbocycles. The van der Waals surface area contributed by atoms with Gasteiger partial charge in [-0.2, -0.15) is 0 Å². The molecular weight excluding hydrogens is 276 g/mol. The summed E-state index contributed by atoms with van der Waals surface area (Å²) in [5, 5.41) is 3.32. The van der Waals surface area contributed by atoms with Crippen LogP contribution in [0.4, 0.5) is 0 Å².